The van der Waals surface area contributed by atoms with Crippen LogP contribution >= 0.6 is 0 Å². The molecule has 1 aromatic heterocycles. The van der Waals surface area contributed by atoms with Gasteiger partial charge in [-0.05, 0) is 47.1 Å². The monoisotopic (exact) mass is 450 g/mol. The minimum atomic E-state index is -1.10. The standard InChI is InChI=1S/C23H31FN2O6/c1-7-29-20(27)17-14-19(32-26-17)16-10-8-15(9-11-16)18(12-13-24)30-23(5,6)25-21(28)31-22(2,3)4/h8-11,14,18H,7,12-13H2,1-6H3,(H,25,28). The highest BCUT2D eigenvalue weighted by molar-refractivity contribution is 5.88. The number of halogens is 1. The van der Waals surface area contributed by atoms with Crippen LogP contribution in [0.5, 0.6) is 0 Å². The summed E-state index contributed by atoms with van der Waals surface area (Å²) in [5, 5.41) is 6.38. The van der Waals surface area contributed by atoms with Gasteiger partial charge in [-0.25, -0.2) is 9.59 Å². The topological polar surface area (TPSA) is 99.9 Å². The van der Waals surface area contributed by atoms with Gasteiger partial charge in [0.15, 0.2) is 11.5 Å². The van der Waals surface area contributed by atoms with Crippen molar-refractivity contribution in [2.24, 2.45) is 0 Å². The first kappa shape index (κ1) is 25.3. The molecule has 2 aromatic rings. The summed E-state index contributed by atoms with van der Waals surface area (Å²) in [4.78, 5) is 23.9. The van der Waals surface area contributed by atoms with Gasteiger partial charge in [0, 0.05) is 18.1 Å². The van der Waals surface area contributed by atoms with Gasteiger partial charge >= 0.3 is 12.1 Å². The van der Waals surface area contributed by atoms with Crippen molar-refractivity contribution in [3.8, 4) is 11.3 Å². The van der Waals surface area contributed by atoms with Crippen LogP contribution in [0.2, 0.25) is 0 Å². The van der Waals surface area contributed by atoms with Gasteiger partial charge in [0.25, 0.3) is 0 Å². The van der Waals surface area contributed by atoms with Gasteiger partial charge in [0.1, 0.15) is 11.3 Å². The van der Waals surface area contributed by atoms with Gasteiger partial charge in [-0.15, -0.1) is 0 Å². The molecule has 0 radical (unpaired) electrons. The van der Waals surface area contributed by atoms with Crippen molar-refractivity contribution >= 4 is 12.1 Å². The van der Waals surface area contributed by atoms with E-state index in [0.717, 1.165) is 5.56 Å². The number of esters is 1. The summed E-state index contributed by atoms with van der Waals surface area (Å²) in [6, 6.07) is 8.55. The molecule has 1 aromatic carbocycles. The number of aromatic nitrogens is 1. The molecule has 1 N–H and O–H groups in total. The van der Waals surface area contributed by atoms with Crippen LogP contribution < -0.4 is 5.32 Å². The molecular formula is C23H31FN2O6. The van der Waals surface area contributed by atoms with Crippen LogP contribution in [0.4, 0.5) is 9.18 Å². The molecule has 9 heteroatoms. The van der Waals surface area contributed by atoms with Gasteiger partial charge in [-0.2, -0.15) is 0 Å². The number of benzene rings is 1. The fourth-order valence-corrected chi connectivity index (χ4v) is 2.90. The van der Waals surface area contributed by atoms with E-state index in [-0.39, 0.29) is 18.7 Å². The van der Waals surface area contributed by atoms with Crippen LogP contribution in [-0.2, 0) is 14.2 Å². The predicted octanol–water partition coefficient (Wildman–Crippen LogP) is 5.20. The van der Waals surface area contributed by atoms with E-state index in [1.54, 1.807) is 65.8 Å². The minimum Gasteiger partial charge on any atom is -0.461 e. The molecule has 1 amide bonds. The van der Waals surface area contributed by atoms with Crippen molar-refractivity contribution in [2.75, 3.05) is 13.3 Å². The molecule has 0 saturated carbocycles. The van der Waals surface area contributed by atoms with Gasteiger partial charge in [-0.1, -0.05) is 29.4 Å². The maximum absolute atomic E-state index is 13.2. The number of rotatable bonds is 9. The van der Waals surface area contributed by atoms with Crippen molar-refractivity contribution < 1.29 is 32.7 Å². The molecule has 0 bridgehead atoms. The van der Waals surface area contributed by atoms with Crippen molar-refractivity contribution in [3.63, 3.8) is 0 Å². The third kappa shape index (κ3) is 7.64. The number of carbonyl (C=O) groups is 2. The zero-order valence-corrected chi connectivity index (χ0v) is 19.4. The van der Waals surface area contributed by atoms with E-state index >= 15 is 0 Å². The van der Waals surface area contributed by atoms with Crippen molar-refractivity contribution in [1.29, 1.82) is 0 Å². The molecule has 2 rings (SSSR count). The molecular weight excluding hydrogens is 419 g/mol. The van der Waals surface area contributed by atoms with E-state index in [9.17, 15) is 14.0 Å². The third-order valence-corrected chi connectivity index (χ3v) is 4.17. The van der Waals surface area contributed by atoms with Crippen molar-refractivity contribution in [2.45, 2.75) is 65.4 Å². The number of hydrogen-bond donors (Lipinski definition) is 1. The molecule has 176 valence electrons. The summed E-state index contributed by atoms with van der Waals surface area (Å²) >= 11 is 0. The van der Waals surface area contributed by atoms with E-state index in [1.165, 1.54) is 6.07 Å². The lowest BCUT2D eigenvalue weighted by atomic mass is 10.0. The molecule has 0 spiro atoms. The molecule has 1 atom stereocenters. The van der Waals surface area contributed by atoms with Gasteiger partial charge < -0.3 is 18.7 Å². The fraction of sp³-hybridized carbons (Fsp3) is 0.522. The lowest BCUT2D eigenvalue weighted by Gasteiger charge is -2.32. The van der Waals surface area contributed by atoms with Crippen LogP contribution in [0.3, 0.4) is 0 Å². The van der Waals surface area contributed by atoms with Gasteiger partial charge in [0.2, 0.25) is 0 Å². The largest absolute Gasteiger partial charge is 0.461 e. The summed E-state index contributed by atoms with van der Waals surface area (Å²) in [6.07, 6.45) is -1.13. The number of hydrogen-bond acceptors (Lipinski definition) is 7. The number of ether oxygens (including phenoxy) is 3. The molecule has 1 unspecified atom stereocenters. The molecule has 8 nitrogen and oxygen atoms in total. The van der Waals surface area contributed by atoms with Gasteiger partial charge in [-0.3, -0.25) is 9.71 Å². The highest BCUT2D eigenvalue weighted by atomic mass is 19.1. The Morgan fingerprint density at radius 2 is 1.81 bits per heavy atom. The molecule has 0 aliphatic carbocycles. The lowest BCUT2D eigenvalue weighted by molar-refractivity contribution is -0.0979. The fourth-order valence-electron chi connectivity index (χ4n) is 2.90. The summed E-state index contributed by atoms with van der Waals surface area (Å²) < 4.78 is 34.6. The number of amides is 1. The first-order valence-electron chi connectivity index (χ1n) is 10.4. The number of carbonyl (C=O) groups excluding carboxylic acids is 2. The summed E-state index contributed by atoms with van der Waals surface area (Å²) in [5.41, 5.74) is -0.264. The zero-order chi connectivity index (χ0) is 23.9. The number of nitrogens with one attached hydrogen (secondary N) is 1. The molecule has 0 fully saturated rings. The molecule has 0 aliphatic heterocycles. The van der Waals surface area contributed by atoms with Crippen molar-refractivity contribution in [3.05, 3.63) is 41.6 Å². The normalized spacial score (nSPS) is 12.8. The minimum absolute atomic E-state index is 0.0829. The van der Waals surface area contributed by atoms with E-state index in [0.29, 0.717) is 11.3 Å². The Morgan fingerprint density at radius 3 is 2.38 bits per heavy atom. The number of alkyl carbamates (subject to hydrolysis) is 1. The molecule has 32 heavy (non-hydrogen) atoms. The quantitative estimate of drug-likeness (QED) is 0.414. The average Bonchev–Trinajstić information content (AvgIpc) is 3.16. The Hall–Kier alpha value is -2.94. The highest BCUT2D eigenvalue weighted by Gasteiger charge is 2.29. The smallest absolute Gasteiger partial charge is 0.409 e. The van der Waals surface area contributed by atoms with Crippen LogP contribution in [0.25, 0.3) is 11.3 Å². The molecule has 1 heterocycles. The maximum Gasteiger partial charge on any atom is 0.409 e. The summed E-state index contributed by atoms with van der Waals surface area (Å²) in [6.45, 7) is 9.97. The SMILES string of the molecule is CCOC(=O)c1cc(-c2ccc(C(CCF)OC(C)(C)NC(=O)OC(C)(C)C)cc2)on1. The second-order valence-electron chi connectivity index (χ2n) is 8.64. The Labute approximate surface area is 187 Å². The van der Waals surface area contributed by atoms with E-state index in [2.05, 4.69) is 10.5 Å². The second kappa shape index (κ2) is 10.6. The Morgan fingerprint density at radius 1 is 1.16 bits per heavy atom. The lowest BCUT2D eigenvalue weighted by Crippen LogP contribution is -2.48. The number of nitrogens with zero attached hydrogens (tertiary/aromatic N) is 1. The average molecular weight is 451 g/mol. The van der Waals surface area contributed by atoms with Crippen molar-refractivity contribution in [1.82, 2.24) is 10.5 Å². The van der Waals surface area contributed by atoms with E-state index in [4.69, 9.17) is 18.7 Å². The third-order valence-electron chi connectivity index (χ3n) is 4.17. The molecule has 0 aliphatic rings. The number of alkyl halides is 1. The maximum atomic E-state index is 13.2. The molecule has 0 saturated heterocycles. The first-order valence-corrected chi connectivity index (χ1v) is 10.4. The van der Waals surface area contributed by atoms with Crippen LogP contribution in [0, 0.1) is 0 Å². The zero-order valence-electron chi connectivity index (χ0n) is 19.4. The van der Waals surface area contributed by atoms with E-state index in [1.807, 2.05) is 0 Å². The van der Waals surface area contributed by atoms with Crippen LogP contribution in [0.1, 0.15) is 70.1 Å². The van der Waals surface area contributed by atoms with Gasteiger partial charge in [0.05, 0.1) is 19.4 Å². The first-order chi connectivity index (χ1) is 14.9. The van der Waals surface area contributed by atoms with E-state index < -0.39 is 36.2 Å². The predicted molar refractivity (Wildman–Crippen MR) is 116 cm³/mol. The highest BCUT2D eigenvalue weighted by Crippen LogP contribution is 2.29. The Kier molecular flexibility index (Phi) is 8.38. The van der Waals surface area contributed by atoms with Crippen LogP contribution in [-0.4, -0.2) is 41.8 Å². The van der Waals surface area contributed by atoms with Crippen LogP contribution in [0.15, 0.2) is 34.9 Å². The second-order valence-corrected chi connectivity index (χ2v) is 8.64. The Balaban J connectivity index is 2.12. The Bertz CT molecular complexity index is 902. The summed E-state index contributed by atoms with van der Waals surface area (Å²) in [7, 11) is 0. The summed E-state index contributed by atoms with van der Waals surface area (Å²) in [5.74, 6) is -0.162.